The summed E-state index contributed by atoms with van der Waals surface area (Å²) >= 11 is 0. The molecular weight excluding hydrogens is 406 g/mol. The molecule has 0 atom stereocenters. The number of fused-ring (bicyclic) bond motifs is 1. The summed E-state index contributed by atoms with van der Waals surface area (Å²) in [6.45, 7) is 6.84. The SMILES string of the molecule is Cc1cc2ccc(C(=O)N(Cc3ccccc3OCCCCCC(=O)O)C(C)C)cc2o1. The molecule has 0 fully saturated rings. The summed E-state index contributed by atoms with van der Waals surface area (Å²) in [6, 6.07) is 15.3. The topological polar surface area (TPSA) is 80.0 Å². The number of carboxylic acids is 1. The normalized spacial score (nSPS) is 11.1. The van der Waals surface area contributed by atoms with Gasteiger partial charge in [-0.3, -0.25) is 9.59 Å². The minimum atomic E-state index is -0.768. The van der Waals surface area contributed by atoms with Crippen LogP contribution in [0.25, 0.3) is 11.0 Å². The summed E-state index contributed by atoms with van der Waals surface area (Å²) < 4.78 is 11.7. The van der Waals surface area contributed by atoms with Crippen molar-refractivity contribution in [3.63, 3.8) is 0 Å². The third-order valence-corrected chi connectivity index (χ3v) is 5.38. The maximum Gasteiger partial charge on any atom is 0.303 e. The monoisotopic (exact) mass is 437 g/mol. The van der Waals surface area contributed by atoms with Crippen molar-refractivity contribution in [3.8, 4) is 5.75 Å². The quantitative estimate of drug-likeness (QED) is 0.383. The molecule has 0 saturated carbocycles. The molecule has 0 aliphatic heterocycles. The Morgan fingerprint density at radius 3 is 2.59 bits per heavy atom. The van der Waals surface area contributed by atoms with Crippen molar-refractivity contribution >= 4 is 22.8 Å². The Morgan fingerprint density at radius 1 is 1.06 bits per heavy atom. The van der Waals surface area contributed by atoms with Crippen LogP contribution >= 0.6 is 0 Å². The molecule has 0 spiro atoms. The number of aliphatic carboxylic acids is 1. The predicted octanol–water partition coefficient (Wildman–Crippen LogP) is 5.82. The molecule has 32 heavy (non-hydrogen) atoms. The zero-order valence-electron chi connectivity index (χ0n) is 19.0. The zero-order chi connectivity index (χ0) is 23.1. The molecular formula is C26H31NO5. The predicted molar refractivity (Wildman–Crippen MR) is 124 cm³/mol. The van der Waals surface area contributed by atoms with Gasteiger partial charge in [-0.25, -0.2) is 0 Å². The van der Waals surface area contributed by atoms with E-state index in [1.54, 1.807) is 6.07 Å². The fourth-order valence-electron chi connectivity index (χ4n) is 3.65. The van der Waals surface area contributed by atoms with E-state index in [-0.39, 0.29) is 18.4 Å². The third-order valence-electron chi connectivity index (χ3n) is 5.38. The Morgan fingerprint density at radius 2 is 1.84 bits per heavy atom. The second-order valence-corrected chi connectivity index (χ2v) is 8.30. The summed E-state index contributed by atoms with van der Waals surface area (Å²) in [6.07, 6.45) is 2.43. The van der Waals surface area contributed by atoms with Gasteiger partial charge in [0.25, 0.3) is 5.91 Å². The van der Waals surface area contributed by atoms with Crippen LogP contribution in [0.3, 0.4) is 0 Å². The van der Waals surface area contributed by atoms with Gasteiger partial charge in [-0.15, -0.1) is 0 Å². The summed E-state index contributed by atoms with van der Waals surface area (Å²) in [5.74, 6) is 0.746. The number of aryl methyl sites for hydroxylation is 1. The number of carbonyl (C=O) groups is 2. The number of unbranched alkanes of at least 4 members (excludes halogenated alkanes) is 2. The molecule has 6 heteroatoms. The van der Waals surface area contributed by atoms with Gasteiger partial charge in [-0.2, -0.15) is 0 Å². The second kappa shape index (κ2) is 10.8. The van der Waals surface area contributed by atoms with E-state index in [2.05, 4.69) is 0 Å². The number of furan rings is 1. The first-order valence-corrected chi connectivity index (χ1v) is 11.1. The molecule has 1 heterocycles. The van der Waals surface area contributed by atoms with Gasteiger partial charge in [0.2, 0.25) is 0 Å². The van der Waals surface area contributed by atoms with Crippen LogP contribution in [0.2, 0.25) is 0 Å². The maximum atomic E-state index is 13.3. The Hall–Kier alpha value is -3.28. The molecule has 170 valence electrons. The number of hydrogen-bond donors (Lipinski definition) is 1. The molecule has 3 aromatic rings. The first kappa shape index (κ1) is 23.4. The molecule has 1 aromatic heterocycles. The molecule has 2 aromatic carbocycles. The standard InChI is InChI=1S/C26H31NO5/c1-18(2)27(26(30)21-13-12-20-15-19(3)32-24(20)16-21)17-22-9-6-7-10-23(22)31-14-8-4-5-11-25(28)29/h6-7,9-10,12-13,15-16,18H,4-5,8,11,14,17H2,1-3H3,(H,28,29). The Labute approximate surface area is 188 Å². The third kappa shape index (κ3) is 6.13. The van der Waals surface area contributed by atoms with Gasteiger partial charge < -0.3 is 19.2 Å². The van der Waals surface area contributed by atoms with Crippen molar-refractivity contribution in [2.24, 2.45) is 0 Å². The molecule has 0 aliphatic carbocycles. The van der Waals surface area contributed by atoms with Crippen molar-refractivity contribution in [2.75, 3.05) is 6.61 Å². The lowest BCUT2D eigenvalue weighted by atomic mass is 10.1. The van der Waals surface area contributed by atoms with Crippen LogP contribution in [0, 0.1) is 6.92 Å². The average molecular weight is 438 g/mol. The summed E-state index contributed by atoms with van der Waals surface area (Å²) in [4.78, 5) is 25.8. The maximum absolute atomic E-state index is 13.3. The molecule has 1 N–H and O–H groups in total. The van der Waals surface area contributed by atoms with Gasteiger partial charge in [-0.05, 0) is 64.3 Å². The van der Waals surface area contributed by atoms with Crippen LogP contribution in [-0.4, -0.2) is 34.5 Å². The molecule has 0 unspecified atom stereocenters. The Bertz CT molecular complexity index is 1070. The molecule has 0 saturated heterocycles. The van der Waals surface area contributed by atoms with E-state index in [1.807, 2.05) is 68.1 Å². The van der Waals surface area contributed by atoms with E-state index < -0.39 is 5.97 Å². The highest BCUT2D eigenvalue weighted by Gasteiger charge is 2.21. The number of para-hydroxylation sites is 1. The lowest BCUT2D eigenvalue weighted by molar-refractivity contribution is -0.137. The molecule has 0 aliphatic rings. The van der Waals surface area contributed by atoms with Gasteiger partial charge in [0, 0.05) is 35.5 Å². The highest BCUT2D eigenvalue weighted by atomic mass is 16.5. The number of nitrogens with zero attached hydrogens (tertiary/aromatic N) is 1. The van der Waals surface area contributed by atoms with E-state index in [0.29, 0.717) is 30.7 Å². The van der Waals surface area contributed by atoms with Gasteiger partial charge in [-0.1, -0.05) is 24.3 Å². The van der Waals surface area contributed by atoms with Crippen molar-refractivity contribution in [1.29, 1.82) is 0 Å². The second-order valence-electron chi connectivity index (χ2n) is 8.30. The molecule has 0 bridgehead atoms. The highest BCUT2D eigenvalue weighted by Crippen LogP contribution is 2.25. The number of carbonyl (C=O) groups excluding carboxylic acids is 1. The van der Waals surface area contributed by atoms with E-state index in [4.69, 9.17) is 14.3 Å². The van der Waals surface area contributed by atoms with E-state index in [9.17, 15) is 9.59 Å². The van der Waals surface area contributed by atoms with Crippen LogP contribution < -0.4 is 4.74 Å². The van der Waals surface area contributed by atoms with Crippen molar-refractivity contribution in [2.45, 2.75) is 59.0 Å². The van der Waals surface area contributed by atoms with E-state index in [0.717, 1.165) is 35.3 Å². The number of ether oxygens (including phenoxy) is 1. The summed E-state index contributed by atoms with van der Waals surface area (Å²) in [5.41, 5.74) is 2.25. The summed E-state index contributed by atoms with van der Waals surface area (Å²) in [5, 5.41) is 9.71. The van der Waals surface area contributed by atoms with Crippen molar-refractivity contribution in [1.82, 2.24) is 4.90 Å². The molecule has 0 radical (unpaired) electrons. The number of carboxylic acid groups (broad SMARTS) is 1. The largest absolute Gasteiger partial charge is 0.493 e. The number of benzene rings is 2. The molecule has 6 nitrogen and oxygen atoms in total. The van der Waals surface area contributed by atoms with Crippen molar-refractivity contribution < 1.29 is 23.8 Å². The van der Waals surface area contributed by atoms with Crippen LogP contribution in [0.15, 0.2) is 52.9 Å². The fraction of sp³-hybridized carbons (Fsp3) is 0.385. The Kier molecular flexibility index (Phi) is 7.92. The van der Waals surface area contributed by atoms with Crippen LogP contribution in [0.4, 0.5) is 0 Å². The number of rotatable bonds is 11. The number of hydrogen-bond acceptors (Lipinski definition) is 4. The minimum absolute atomic E-state index is 0.000564. The fourth-order valence-corrected chi connectivity index (χ4v) is 3.65. The molecule has 3 rings (SSSR count). The zero-order valence-corrected chi connectivity index (χ0v) is 19.0. The first-order valence-electron chi connectivity index (χ1n) is 11.1. The Balaban J connectivity index is 1.68. The van der Waals surface area contributed by atoms with Gasteiger partial charge in [0.1, 0.15) is 17.1 Å². The first-order chi connectivity index (χ1) is 15.3. The molecule has 1 amide bonds. The highest BCUT2D eigenvalue weighted by molar-refractivity contribution is 5.97. The van der Waals surface area contributed by atoms with Crippen LogP contribution in [0.1, 0.15) is 61.2 Å². The summed E-state index contributed by atoms with van der Waals surface area (Å²) in [7, 11) is 0. The van der Waals surface area contributed by atoms with Gasteiger partial charge in [0.15, 0.2) is 0 Å². The van der Waals surface area contributed by atoms with E-state index >= 15 is 0 Å². The lowest BCUT2D eigenvalue weighted by Gasteiger charge is -2.28. The van der Waals surface area contributed by atoms with Crippen molar-refractivity contribution in [3.05, 3.63) is 65.4 Å². The van der Waals surface area contributed by atoms with Crippen LogP contribution in [-0.2, 0) is 11.3 Å². The smallest absolute Gasteiger partial charge is 0.303 e. The lowest BCUT2D eigenvalue weighted by Crippen LogP contribution is -2.36. The van der Waals surface area contributed by atoms with Gasteiger partial charge >= 0.3 is 5.97 Å². The van der Waals surface area contributed by atoms with E-state index in [1.165, 1.54) is 0 Å². The van der Waals surface area contributed by atoms with Crippen LogP contribution in [0.5, 0.6) is 5.75 Å². The number of amides is 1. The average Bonchev–Trinajstić information content (AvgIpc) is 3.13. The minimum Gasteiger partial charge on any atom is -0.493 e. The van der Waals surface area contributed by atoms with Gasteiger partial charge in [0.05, 0.1) is 6.61 Å².